The predicted octanol–water partition coefficient (Wildman–Crippen LogP) is 5.16. The van der Waals surface area contributed by atoms with Crippen molar-refractivity contribution < 1.29 is 18.8 Å². The summed E-state index contributed by atoms with van der Waals surface area (Å²) in [4.78, 5) is 38.0. The Hall–Kier alpha value is -3.69. The highest BCUT2D eigenvalue weighted by Gasteiger charge is 2.22. The van der Waals surface area contributed by atoms with E-state index in [4.69, 9.17) is 11.6 Å². The monoisotopic (exact) mass is 528 g/mol. The van der Waals surface area contributed by atoms with Gasteiger partial charge in [-0.25, -0.2) is 9.07 Å². The zero-order chi connectivity index (χ0) is 23.5. The van der Waals surface area contributed by atoms with E-state index in [2.05, 4.69) is 32.0 Å². The fraction of sp³-hybridized carbons (Fsp3) is 0. The topological polar surface area (TPSA) is 92.2 Å². The molecule has 4 rings (SSSR count). The van der Waals surface area contributed by atoms with Crippen molar-refractivity contribution in [2.45, 2.75) is 0 Å². The number of amides is 3. The van der Waals surface area contributed by atoms with Crippen LogP contribution in [0.2, 0.25) is 5.02 Å². The molecule has 10 heteroatoms. The molecule has 0 saturated heterocycles. The lowest BCUT2D eigenvalue weighted by Crippen LogP contribution is -2.36. The van der Waals surface area contributed by atoms with E-state index in [1.807, 2.05) is 0 Å². The van der Waals surface area contributed by atoms with Gasteiger partial charge in [0.1, 0.15) is 11.5 Å². The van der Waals surface area contributed by atoms with Crippen LogP contribution in [0.15, 0.2) is 77.3 Å². The number of para-hydroxylation sites is 1. The standard InChI is InChI=1S/C23H15BrClFN4O3/c24-14-8-9-19-13(10-14)11-20(21(31)28-18-7-2-1-6-17(18)26)30(19)29-23(33)22(32)27-16-5-3-4-15(25)12-16/h1-12H,(H,27,32)(H,28,31)(H,29,33). The number of hydrogen-bond donors (Lipinski definition) is 3. The fourth-order valence-electron chi connectivity index (χ4n) is 3.13. The number of halogens is 3. The molecule has 7 nitrogen and oxygen atoms in total. The SMILES string of the molecule is O=C(Nc1cccc(Cl)c1)C(=O)Nn1c(C(=O)Nc2ccccc2F)cc2cc(Br)ccc21. The summed E-state index contributed by atoms with van der Waals surface area (Å²) in [5.41, 5.74) is 3.20. The van der Waals surface area contributed by atoms with Crippen molar-refractivity contribution in [3.8, 4) is 0 Å². The number of aromatic nitrogens is 1. The van der Waals surface area contributed by atoms with Gasteiger partial charge in [-0.15, -0.1) is 0 Å². The van der Waals surface area contributed by atoms with Crippen LogP contribution in [0.5, 0.6) is 0 Å². The van der Waals surface area contributed by atoms with E-state index in [0.29, 0.717) is 21.6 Å². The number of fused-ring (bicyclic) bond motifs is 1. The lowest BCUT2D eigenvalue weighted by molar-refractivity contribution is -0.133. The van der Waals surface area contributed by atoms with Crippen molar-refractivity contribution in [2.75, 3.05) is 16.1 Å². The molecule has 3 N–H and O–H groups in total. The maximum Gasteiger partial charge on any atom is 0.328 e. The molecular weight excluding hydrogens is 515 g/mol. The molecule has 1 aromatic heterocycles. The highest BCUT2D eigenvalue weighted by molar-refractivity contribution is 9.10. The minimum Gasteiger partial charge on any atom is -0.318 e. The van der Waals surface area contributed by atoms with Crippen molar-refractivity contribution in [3.05, 3.63) is 93.8 Å². The van der Waals surface area contributed by atoms with Gasteiger partial charge in [0, 0.05) is 20.6 Å². The summed E-state index contributed by atoms with van der Waals surface area (Å²) < 4.78 is 15.9. The third kappa shape index (κ3) is 5.05. The van der Waals surface area contributed by atoms with E-state index in [0.717, 1.165) is 4.47 Å². The van der Waals surface area contributed by atoms with E-state index in [1.54, 1.807) is 42.5 Å². The molecule has 166 valence electrons. The Morgan fingerprint density at radius 2 is 1.67 bits per heavy atom. The van der Waals surface area contributed by atoms with Crippen LogP contribution in [0, 0.1) is 5.82 Å². The molecule has 0 saturated carbocycles. The highest BCUT2D eigenvalue weighted by atomic mass is 79.9. The van der Waals surface area contributed by atoms with Crippen LogP contribution in [0.25, 0.3) is 10.9 Å². The average Bonchev–Trinajstić information content (AvgIpc) is 3.12. The number of carbonyl (C=O) groups is 3. The van der Waals surface area contributed by atoms with Crippen LogP contribution in [-0.4, -0.2) is 22.4 Å². The molecule has 0 fully saturated rings. The Kier molecular flexibility index (Phi) is 6.43. The summed E-state index contributed by atoms with van der Waals surface area (Å²) in [6.07, 6.45) is 0. The number of hydrogen-bond acceptors (Lipinski definition) is 3. The molecule has 1 heterocycles. The maximum absolute atomic E-state index is 14.0. The van der Waals surface area contributed by atoms with Crippen LogP contribution >= 0.6 is 27.5 Å². The van der Waals surface area contributed by atoms with E-state index in [-0.39, 0.29) is 11.4 Å². The summed E-state index contributed by atoms with van der Waals surface area (Å²) in [5.74, 6) is -3.27. The molecule has 0 aliphatic carbocycles. The molecule has 3 aromatic carbocycles. The first kappa shape index (κ1) is 22.5. The van der Waals surface area contributed by atoms with Crippen molar-refractivity contribution in [1.29, 1.82) is 0 Å². The summed E-state index contributed by atoms with van der Waals surface area (Å²) in [5, 5.41) is 5.92. The van der Waals surface area contributed by atoms with Gasteiger partial charge >= 0.3 is 11.8 Å². The summed E-state index contributed by atoms with van der Waals surface area (Å²) >= 11 is 9.27. The first-order valence-corrected chi connectivity index (χ1v) is 10.7. The van der Waals surface area contributed by atoms with Crippen molar-refractivity contribution in [2.24, 2.45) is 0 Å². The Bertz CT molecular complexity index is 1410. The molecule has 0 atom stereocenters. The van der Waals surface area contributed by atoms with Gasteiger partial charge in [-0.05, 0) is 54.6 Å². The number of anilines is 2. The first-order chi connectivity index (χ1) is 15.8. The number of nitrogens with zero attached hydrogens (tertiary/aromatic N) is 1. The fourth-order valence-corrected chi connectivity index (χ4v) is 3.70. The van der Waals surface area contributed by atoms with E-state index in [9.17, 15) is 18.8 Å². The molecule has 4 aromatic rings. The van der Waals surface area contributed by atoms with Crippen LogP contribution < -0.4 is 16.1 Å². The highest BCUT2D eigenvalue weighted by Crippen LogP contribution is 2.24. The zero-order valence-electron chi connectivity index (χ0n) is 16.7. The minimum absolute atomic E-state index is 0.00439. The molecule has 0 aliphatic heterocycles. The first-order valence-electron chi connectivity index (χ1n) is 9.56. The van der Waals surface area contributed by atoms with E-state index in [1.165, 1.54) is 35.0 Å². The third-order valence-corrected chi connectivity index (χ3v) is 5.35. The number of rotatable bonds is 4. The lowest BCUT2D eigenvalue weighted by atomic mass is 10.2. The predicted molar refractivity (Wildman–Crippen MR) is 128 cm³/mol. The Balaban J connectivity index is 1.64. The molecule has 0 spiro atoms. The van der Waals surface area contributed by atoms with Gasteiger partial charge in [-0.2, -0.15) is 0 Å². The Morgan fingerprint density at radius 1 is 0.879 bits per heavy atom. The Labute approximate surface area is 200 Å². The van der Waals surface area contributed by atoms with Gasteiger partial charge in [0.25, 0.3) is 5.91 Å². The lowest BCUT2D eigenvalue weighted by Gasteiger charge is -2.13. The second-order valence-electron chi connectivity index (χ2n) is 6.91. The van der Waals surface area contributed by atoms with Gasteiger partial charge in [0.05, 0.1) is 11.2 Å². The number of nitrogens with one attached hydrogen (secondary N) is 3. The van der Waals surface area contributed by atoms with Crippen molar-refractivity contribution in [3.63, 3.8) is 0 Å². The summed E-state index contributed by atoms with van der Waals surface area (Å²) in [6, 6.07) is 18.7. The summed E-state index contributed by atoms with van der Waals surface area (Å²) in [6.45, 7) is 0. The molecule has 0 radical (unpaired) electrons. The molecule has 33 heavy (non-hydrogen) atoms. The smallest absolute Gasteiger partial charge is 0.318 e. The van der Waals surface area contributed by atoms with Gasteiger partial charge < -0.3 is 10.6 Å². The van der Waals surface area contributed by atoms with Crippen molar-refractivity contribution in [1.82, 2.24) is 4.68 Å². The van der Waals surface area contributed by atoms with Gasteiger partial charge in [-0.1, -0.05) is 45.7 Å². The molecule has 0 unspecified atom stereocenters. The van der Waals surface area contributed by atoms with Crippen LogP contribution in [0.3, 0.4) is 0 Å². The number of benzene rings is 3. The Morgan fingerprint density at radius 3 is 2.42 bits per heavy atom. The summed E-state index contributed by atoms with van der Waals surface area (Å²) in [7, 11) is 0. The quantitative estimate of drug-likeness (QED) is 0.319. The maximum atomic E-state index is 14.0. The normalized spacial score (nSPS) is 10.6. The molecule has 0 bridgehead atoms. The molecule has 0 aliphatic rings. The zero-order valence-corrected chi connectivity index (χ0v) is 19.1. The van der Waals surface area contributed by atoms with Gasteiger partial charge in [-0.3, -0.25) is 19.8 Å². The van der Waals surface area contributed by atoms with Gasteiger partial charge in [0.15, 0.2) is 0 Å². The largest absolute Gasteiger partial charge is 0.328 e. The number of carbonyl (C=O) groups excluding carboxylic acids is 3. The van der Waals surface area contributed by atoms with E-state index < -0.39 is 23.5 Å². The average molecular weight is 530 g/mol. The van der Waals surface area contributed by atoms with Crippen LogP contribution in [0.1, 0.15) is 10.5 Å². The van der Waals surface area contributed by atoms with Gasteiger partial charge in [0.2, 0.25) is 0 Å². The molecular formula is C23H15BrClFN4O3. The van der Waals surface area contributed by atoms with Crippen LogP contribution in [-0.2, 0) is 9.59 Å². The second kappa shape index (κ2) is 9.43. The van der Waals surface area contributed by atoms with Crippen LogP contribution in [0.4, 0.5) is 15.8 Å². The van der Waals surface area contributed by atoms with Crippen molar-refractivity contribution >= 4 is 67.5 Å². The third-order valence-electron chi connectivity index (χ3n) is 4.62. The van der Waals surface area contributed by atoms with E-state index >= 15 is 0 Å². The second-order valence-corrected chi connectivity index (χ2v) is 8.26. The molecule has 3 amide bonds. The minimum atomic E-state index is -1.02.